The number of anilines is 1. The highest BCUT2D eigenvalue weighted by Crippen LogP contribution is 2.38. The molecule has 3 aromatic carbocycles. The van der Waals surface area contributed by atoms with Crippen LogP contribution < -0.4 is 15.4 Å². The molecule has 2 amide bonds. The van der Waals surface area contributed by atoms with E-state index in [1.165, 1.54) is 11.3 Å². The summed E-state index contributed by atoms with van der Waals surface area (Å²) in [6.45, 7) is 6.04. The van der Waals surface area contributed by atoms with Gasteiger partial charge in [0.15, 0.2) is 6.61 Å². The van der Waals surface area contributed by atoms with E-state index in [4.69, 9.17) is 9.47 Å². The van der Waals surface area contributed by atoms with E-state index in [0.29, 0.717) is 36.3 Å². The number of hydrogen-bond donors (Lipinski definition) is 3. The van der Waals surface area contributed by atoms with Gasteiger partial charge in [0.25, 0.3) is 5.91 Å². The molecule has 0 aliphatic heterocycles. The average Bonchev–Trinajstić information content (AvgIpc) is 3.51. The average molecular weight is 588 g/mol. The van der Waals surface area contributed by atoms with Crippen molar-refractivity contribution in [2.45, 2.75) is 59.1 Å². The number of nitrogens with zero attached hydrogens (tertiary/aromatic N) is 1. The minimum atomic E-state index is -0.590. The molecule has 0 fully saturated rings. The number of alkyl carbamates (subject to hydrolysis) is 1. The van der Waals surface area contributed by atoms with Gasteiger partial charge in [-0.2, -0.15) is 0 Å². The van der Waals surface area contributed by atoms with Gasteiger partial charge >= 0.3 is 6.09 Å². The molecule has 42 heavy (non-hydrogen) atoms. The molecule has 220 valence electrons. The summed E-state index contributed by atoms with van der Waals surface area (Å²) >= 11 is 1.45. The third-order valence-corrected chi connectivity index (χ3v) is 7.66. The monoisotopic (exact) mass is 587 g/mol. The zero-order valence-electron chi connectivity index (χ0n) is 24.2. The zero-order valence-corrected chi connectivity index (χ0v) is 25.0. The van der Waals surface area contributed by atoms with Crippen molar-refractivity contribution in [3.05, 3.63) is 105 Å². The van der Waals surface area contributed by atoms with Crippen molar-refractivity contribution in [3.63, 3.8) is 0 Å². The number of benzene rings is 3. The van der Waals surface area contributed by atoms with Crippen molar-refractivity contribution >= 4 is 29.0 Å². The molecular formula is C33H37N3O5S. The highest BCUT2D eigenvalue weighted by molar-refractivity contribution is 7.09. The van der Waals surface area contributed by atoms with Gasteiger partial charge in [0.05, 0.1) is 17.7 Å². The van der Waals surface area contributed by atoms with Crippen molar-refractivity contribution in [1.82, 2.24) is 10.3 Å². The molecule has 0 bridgehead atoms. The minimum absolute atomic E-state index is 0.0630. The van der Waals surface area contributed by atoms with Crippen molar-refractivity contribution in [1.29, 1.82) is 0 Å². The van der Waals surface area contributed by atoms with Gasteiger partial charge < -0.3 is 25.2 Å². The molecule has 0 radical (unpaired) electrons. The third-order valence-electron chi connectivity index (χ3n) is 6.88. The van der Waals surface area contributed by atoms with Crippen molar-refractivity contribution in [2.24, 2.45) is 0 Å². The minimum Gasteiger partial charge on any atom is -0.505 e. The zero-order chi connectivity index (χ0) is 29.9. The lowest BCUT2D eigenvalue weighted by molar-refractivity contribution is -0.118. The summed E-state index contributed by atoms with van der Waals surface area (Å²) in [5.74, 6) is 0.209. The number of amides is 2. The number of aromatic hydroxyl groups is 1. The lowest BCUT2D eigenvalue weighted by Gasteiger charge is -2.23. The maximum Gasteiger partial charge on any atom is 0.408 e. The van der Waals surface area contributed by atoms with Crippen LogP contribution in [0.25, 0.3) is 0 Å². The molecule has 4 aromatic rings. The van der Waals surface area contributed by atoms with Crippen LogP contribution in [0.1, 0.15) is 65.0 Å². The van der Waals surface area contributed by atoms with E-state index in [0.717, 1.165) is 34.4 Å². The van der Waals surface area contributed by atoms with Gasteiger partial charge in [-0.05, 0) is 55.0 Å². The van der Waals surface area contributed by atoms with Crippen LogP contribution in [0.2, 0.25) is 0 Å². The number of phenolic OH excluding ortho intramolecular Hbond substituents is 1. The summed E-state index contributed by atoms with van der Waals surface area (Å²) in [4.78, 5) is 30.6. The molecule has 0 saturated heterocycles. The number of aromatic nitrogens is 1. The number of nitrogens with one attached hydrogen (secondary N) is 2. The molecular weight excluding hydrogens is 550 g/mol. The number of phenols is 1. The first kappa shape index (κ1) is 30.6. The molecule has 3 N–H and O–H groups in total. The Kier molecular flexibility index (Phi) is 10.9. The highest BCUT2D eigenvalue weighted by Gasteiger charge is 2.24. The maximum absolute atomic E-state index is 12.9. The number of aryl methyl sites for hydroxylation is 2. The second kappa shape index (κ2) is 15.0. The fourth-order valence-electron chi connectivity index (χ4n) is 4.72. The Labute approximate surface area is 250 Å². The summed E-state index contributed by atoms with van der Waals surface area (Å²) < 4.78 is 11.7. The Morgan fingerprint density at radius 1 is 1.02 bits per heavy atom. The highest BCUT2D eigenvalue weighted by atomic mass is 32.1. The Balaban J connectivity index is 1.57. The lowest BCUT2D eigenvalue weighted by atomic mass is 9.92. The topological polar surface area (TPSA) is 110 Å². The first-order valence-electron chi connectivity index (χ1n) is 14.0. The van der Waals surface area contributed by atoms with Gasteiger partial charge in [-0.25, -0.2) is 4.79 Å². The molecule has 4 rings (SSSR count). The van der Waals surface area contributed by atoms with Crippen LogP contribution in [0.15, 0.2) is 72.4 Å². The third kappa shape index (κ3) is 8.33. The fourth-order valence-corrected chi connectivity index (χ4v) is 5.25. The quantitative estimate of drug-likeness (QED) is 0.142. The standard InChI is InChI=1S/C33H37N3O5S/c1-4-5-14-29(41-33(39)35-19-25-18-34-21-42-25)26-15-16-28(31(38)27(26)17-24-12-7-6-8-13-24)36-30(37)20-40-32-22(2)10-9-11-23(32)3/h6-13,15-16,18,21,29,38H,4-5,14,17,19-20H2,1-3H3,(H,35,39)(H,36,37). The SMILES string of the molecule is CCCCC(OC(=O)NCc1cncs1)c1ccc(NC(=O)COc2c(C)cccc2C)c(O)c1Cc1ccccc1. The molecule has 0 aliphatic carbocycles. The van der Waals surface area contributed by atoms with Gasteiger partial charge in [0, 0.05) is 23.1 Å². The molecule has 0 saturated carbocycles. The number of rotatable bonds is 13. The first-order chi connectivity index (χ1) is 20.4. The first-order valence-corrected chi connectivity index (χ1v) is 14.9. The second-order valence-corrected chi connectivity index (χ2v) is 11.1. The molecule has 1 aromatic heterocycles. The predicted octanol–water partition coefficient (Wildman–Crippen LogP) is 7.23. The smallest absolute Gasteiger partial charge is 0.408 e. The van der Waals surface area contributed by atoms with Gasteiger partial charge in [-0.3, -0.25) is 9.78 Å². The van der Waals surface area contributed by atoms with Crippen LogP contribution in [0, 0.1) is 13.8 Å². The summed E-state index contributed by atoms with van der Waals surface area (Å²) in [7, 11) is 0. The Hall–Kier alpha value is -4.37. The van der Waals surface area contributed by atoms with Gasteiger partial charge in [-0.1, -0.05) is 67.9 Å². The largest absolute Gasteiger partial charge is 0.505 e. The second-order valence-electron chi connectivity index (χ2n) is 10.1. The van der Waals surface area contributed by atoms with Crippen LogP contribution in [0.3, 0.4) is 0 Å². The van der Waals surface area contributed by atoms with E-state index >= 15 is 0 Å². The van der Waals surface area contributed by atoms with Gasteiger partial charge in [-0.15, -0.1) is 11.3 Å². The van der Waals surface area contributed by atoms with Crippen LogP contribution in [-0.4, -0.2) is 28.7 Å². The molecule has 8 nitrogen and oxygen atoms in total. The van der Waals surface area contributed by atoms with Gasteiger partial charge in [0.2, 0.25) is 0 Å². The van der Waals surface area contributed by atoms with E-state index < -0.39 is 18.1 Å². The molecule has 1 atom stereocenters. The summed E-state index contributed by atoms with van der Waals surface area (Å²) in [6.07, 6.45) is 3.28. The van der Waals surface area contributed by atoms with E-state index in [1.54, 1.807) is 17.8 Å². The number of carbonyl (C=O) groups excluding carboxylic acids is 2. The van der Waals surface area contributed by atoms with Crippen molar-refractivity contribution in [3.8, 4) is 11.5 Å². The number of unbranched alkanes of at least 4 members (excludes halogenated alkanes) is 1. The van der Waals surface area contributed by atoms with E-state index in [1.807, 2.05) is 68.4 Å². The lowest BCUT2D eigenvalue weighted by Crippen LogP contribution is -2.26. The number of thiazole rings is 1. The Bertz CT molecular complexity index is 1450. The molecule has 9 heteroatoms. The van der Waals surface area contributed by atoms with E-state index in [9.17, 15) is 14.7 Å². The molecule has 1 heterocycles. The fraction of sp³-hybridized carbons (Fsp3) is 0.303. The van der Waals surface area contributed by atoms with Crippen molar-refractivity contribution < 1.29 is 24.2 Å². The van der Waals surface area contributed by atoms with Gasteiger partial charge in [0.1, 0.15) is 17.6 Å². The number of carbonyl (C=O) groups is 2. The van der Waals surface area contributed by atoms with Crippen LogP contribution in [-0.2, 0) is 22.5 Å². The molecule has 1 unspecified atom stereocenters. The summed E-state index contributed by atoms with van der Waals surface area (Å²) in [5.41, 5.74) is 6.11. The molecule has 0 aliphatic rings. The van der Waals surface area contributed by atoms with Crippen LogP contribution in [0.5, 0.6) is 11.5 Å². The maximum atomic E-state index is 12.9. The Morgan fingerprint density at radius 3 is 2.48 bits per heavy atom. The van der Waals surface area contributed by atoms with Crippen LogP contribution in [0.4, 0.5) is 10.5 Å². The summed E-state index contributed by atoms with van der Waals surface area (Å²) in [5, 5.41) is 17.1. The van der Waals surface area contributed by atoms with E-state index in [-0.39, 0.29) is 18.0 Å². The molecule has 0 spiro atoms. The van der Waals surface area contributed by atoms with Crippen LogP contribution >= 0.6 is 11.3 Å². The number of para-hydroxylation sites is 1. The van der Waals surface area contributed by atoms with Crippen molar-refractivity contribution in [2.75, 3.05) is 11.9 Å². The normalized spacial score (nSPS) is 11.5. The van der Waals surface area contributed by atoms with E-state index in [2.05, 4.69) is 22.5 Å². The summed E-state index contributed by atoms with van der Waals surface area (Å²) in [6, 6.07) is 19.0. The number of hydrogen-bond acceptors (Lipinski definition) is 7. The predicted molar refractivity (Wildman–Crippen MR) is 165 cm³/mol. The Morgan fingerprint density at radius 2 is 1.79 bits per heavy atom. The number of ether oxygens (including phenoxy) is 2.